The molecule has 2 rings (SSSR count). The highest BCUT2D eigenvalue weighted by Gasteiger charge is 2.18. The molecule has 0 aliphatic rings. The summed E-state index contributed by atoms with van der Waals surface area (Å²) in [7, 11) is 0. The van der Waals surface area contributed by atoms with Crippen LogP contribution >= 0.6 is 15.9 Å². The number of carbonyl (C=O) groups is 1. The third-order valence-corrected chi connectivity index (χ3v) is 2.95. The van der Waals surface area contributed by atoms with Gasteiger partial charge in [-0.3, -0.25) is 0 Å². The summed E-state index contributed by atoms with van der Waals surface area (Å²) in [6, 6.07) is 4.75. The van der Waals surface area contributed by atoms with E-state index < -0.39 is 5.97 Å². The lowest BCUT2D eigenvalue weighted by Gasteiger charge is -2.06. The highest BCUT2D eigenvalue weighted by atomic mass is 79.9. The summed E-state index contributed by atoms with van der Waals surface area (Å²) in [6.45, 7) is 1.78. The number of aromatic carboxylic acids is 1. The lowest BCUT2D eigenvalue weighted by molar-refractivity contribution is 0.0686. The van der Waals surface area contributed by atoms with Gasteiger partial charge in [0.1, 0.15) is 5.75 Å². The molecule has 0 aliphatic heterocycles. The molecule has 0 unspecified atom stereocenters. The summed E-state index contributed by atoms with van der Waals surface area (Å²) in [5.74, 6) is -0.955. The second kappa shape index (κ2) is 4.21. The van der Waals surface area contributed by atoms with Gasteiger partial charge in [0.25, 0.3) is 0 Å². The van der Waals surface area contributed by atoms with Crippen LogP contribution in [0.5, 0.6) is 5.75 Å². The van der Waals surface area contributed by atoms with Crippen molar-refractivity contribution in [2.75, 3.05) is 0 Å². The number of halogens is 1. The van der Waals surface area contributed by atoms with E-state index >= 15 is 0 Å². The molecule has 1 aromatic heterocycles. The Morgan fingerprint density at radius 2 is 2.18 bits per heavy atom. The molecule has 0 fully saturated rings. The number of benzene rings is 1. The number of rotatable bonds is 2. The first-order valence-electron chi connectivity index (χ1n) is 4.69. The number of hydrogen-bond acceptors (Lipinski definition) is 4. The predicted molar refractivity (Wildman–Crippen MR) is 63.0 cm³/mol. The van der Waals surface area contributed by atoms with Gasteiger partial charge in [-0.2, -0.15) is 0 Å². The summed E-state index contributed by atoms with van der Waals surface area (Å²) in [5.41, 5.74) is 0.997. The van der Waals surface area contributed by atoms with Gasteiger partial charge < -0.3 is 14.7 Å². The summed E-state index contributed by atoms with van der Waals surface area (Å²) in [4.78, 5) is 10.7. The molecular formula is C11H8BrNO4. The average molecular weight is 298 g/mol. The minimum Gasteiger partial charge on any atom is -0.506 e. The van der Waals surface area contributed by atoms with Crippen LogP contribution in [0.2, 0.25) is 0 Å². The number of nitrogens with zero attached hydrogens (tertiary/aromatic N) is 1. The molecule has 0 bridgehead atoms. The number of carboxylic acids is 1. The molecule has 0 aliphatic carbocycles. The summed E-state index contributed by atoms with van der Waals surface area (Å²) in [5, 5.41) is 22.0. The van der Waals surface area contributed by atoms with Crippen LogP contribution in [-0.2, 0) is 0 Å². The zero-order chi connectivity index (χ0) is 12.6. The largest absolute Gasteiger partial charge is 0.506 e. The maximum absolute atomic E-state index is 10.7. The van der Waals surface area contributed by atoms with E-state index in [1.807, 2.05) is 0 Å². The molecule has 0 spiro atoms. The fraction of sp³-hybridized carbons (Fsp3) is 0.0909. The Bertz CT molecular complexity index is 591. The zero-order valence-corrected chi connectivity index (χ0v) is 10.4. The zero-order valence-electron chi connectivity index (χ0n) is 8.77. The minimum absolute atomic E-state index is 0.00177. The van der Waals surface area contributed by atoms with Crippen molar-refractivity contribution >= 4 is 21.9 Å². The minimum atomic E-state index is -1.17. The third-order valence-electron chi connectivity index (χ3n) is 2.31. The molecule has 1 aromatic carbocycles. The number of hydrogen-bond donors (Lipinski definition) is 2. The maximum Gasteiger partial charge on any atom is 0.358 e. The quantitative estimate of drug-likeness (QED) is 0.890. The van der Waals surface area contributed by atoms with E-state index in [4.69, 9.17) is 9.63 Å². The van der Waals surface area contributed by atoms with Gasteiger partial charge in [0.15, 0.2) is 11.5 Å². The summed E-state index contributed by atoms with van der Waals surface area (Å²) < 4.78 is 5.42. The molecule has 0 saturated heterocycles. The van der Waals surface area contributed by atoms with Crippen molar-refractivity contribution in [3.05, 3.63) is 33.9 Å². The maximum atomic E-state index is 10.7. The van der Waals surface area contributed by atoms with E-state index in [9.17, 15) is 9.90 Å². The Balaban J connectivity index is 2.60. The van der Waals surface area contributed by atoms with Gasteiger partial charge in [0.2, 0.25) is 0 Å². The molecule has 17 heavy (non-hydrogen) atoms. The number of aromatic nitrogens is 1. The van der Waals surface area contributed by atoms with Crippen LogP contribution in [0.25, 0.3) is 11.3 Å². The molecule has 0 atom stereocenters. The molecule has 1 heterocycles. The highest BCUT2D eigenvalue weighted by molar-refractivity contribution is 9.10. The summed E-state index contributed by atoms with van der Waals surface area (Å²) >= 11 is 3.18. The van der Waals surface area contributed by atoms with Crippen molar-refractivity contribution < 1.29 is 19.5 Å². The Morgan fingerprint density at radius 1 is 1.47 bits per heavy atom. The molecule has 0 amide bonds. The lowest BCUT2D eigenvalue weighted by atomic mass is 10.1. The van der Waals surface area contributed by atoms with Crippen LogP contribution in [0.1, 0.15) is 16.1 Å². The topological polar surface area (TPSA) is 83.6 Å². The standard InChI is InChI=1S/C11H8BrNO4/c1-5-2-3-6(12)10(14)9(5)8-4-7(11(15)16)13-17-8/h2-4,14H,1H3,(H,15,16). The van der Waals surface area contributed by atoms with Gasteiger partial charge in [0.05, 0.1) is 10.0 Å². The van der Waals surface area contributed by atoms with Crippen LogP contribution in [0.3, 0.4) is 0 Å². The Kier molecular flexibility index (Phi) is 2.89. The van der Waals surface area contributed by atoms with E-state index in [0.29, 0.717) is 10.0 Å². The fourth-order valence-electron chi connectivity index (χ4n) is 1.47. The van der Waals surface area contributed by atoms with Gasteiger partial charge in [0, 0.05) is 6.07 Å². The molecular weight excluding hydrogens is 290 g/mol. The molecule has 0 radical (unpaired) electrons. The van der Waals surface area contributed by atoms with Crippen molar-refractivity contribution in [2.24, 2.45) is 0 Å². The highest BCUT2D eigenvalue weighted by Crippen LogP contribution is 2.38. The first-order chi connectivity index (χ1) is 8.00. The number of aryl methyl sites for hydroxylation is 1. The Hall–Kier alpha value is -1.82. The fourth-order valence-corrected chi connectivity index (χ4v) is 1.80. The number of aromatic hydroxyl groups is 1. The SMILES string of the molecule is Cc1ccc(Br)c(O)c1-c1cc(C(=O)O)no1. The van der Waals surface area contributed by atoms with Gasteiger partial charge in [-0.05, 0) is 34.5 Å². The van der Waals surface area contributed by atoms with Crippen molar-refractivity contribution in [3.63, 3.8) is 0 Å². The lowest BCUT2D eigenvalue weighted by Crippen LogP contribution is -1.94. The van der Waals surface area contributed by atoms with Crippen LogP contribution in [0.15, 0.2) is 27.2 Å². The average Bonchev–Trinajstić information content (AvgIpc) is 2.73. The van der Waals surface area contributed by atoms with Gasteiger partial charge in [-0.25, -0.2) is 4.79 Å². The number of phenols is 1. The Labute approximate surface area is 105 Å². The molecule has 6 heteroatoms. The Morgan fingerprint density at radius 3 is 2.76 bits per heavy atom. The second-order valence-corrected chi connectivity index (χ2v) is 4.32. The monoisotopic (exact) mass is 297 g/mol. The molecule has 0 saturated carbocycles. The first kappa shape index (κ1) is 11.7. The van der Waals surface area contributed by atoms with E-state index in [0.717, 1.165) is 5.56 Å². The van der Waals surface area contributed by atoms with Crippen LogP contribution in [0.4, 0.5) is 0 Å². The number of carboxylic acid groups (broad SMARTS) is 1. The molecule has 2 aromatic rings. The molecule has 5 nitrogen and oxygen atoms in total. The van der Waals surface area contributed by atoms with Crippen molar-refractivity contribution in [2.45, 2.75) is 6.92 Å². The van der Waals surface area contributed by atoms with E-state index in [2.05, 4.69) is 21.1 Å². The van der Waals surface area contributed by atoms with E-state index in [1.54, 1.807) is 19.1 Å². The van der Waals surface area contributed by atoms with Gasteiger partial charge >= 0.3 is 5.97 Å². The van der Waals surface area contributed by atoms with Crippen LogP contribution in [-0.4, -0.2) is 21.3 Å². The van der Waals surface area contributed by atoms with E-state index in [-0.39, 0.29) is 17.2 Å². The van der Waals surface area contributed by atoms with Crippen molar-refractivity contribution in [3.8, 4) is 17.1 Å². The molecule has 88 valence electrons. The summed E-state index contributed by atoms with van der Waals surface area (Å²) in [6.07, 6.45) is 0. The normalized spacial score (nSPS) is 10.5. The molecule has 2 N–H and O–H groups in total. The van der Waals surface area contributed by atoms with Crippen LogP contribution in [0, 0.1) is 6.92 Å². The smallest absolute Gasteiger partial charge is 0.358 e. The second-order valence-electron chi connectivity index (χ2n) is 3.47. The third kappa shape index (κ3) is 2.03. The van der Waals surface area contributed by atoms with Gasteiger partial charge in [-0.1, -0.05) is 11.2 Å². The van der Waals surface area contributed by atoms with Crippen LogP contribution < -0.4 is 0 Å². The van der Waals surface area contributed by atoms with Gasteiger partial charge in [-0.15, -0.1) is 0 Å². The first-order valence-corrected chi connectivity index (χ1v) is 5.48. The predicted octanol–water partition coefficient (Wildman–Crippen LogP) is 2.82. The van der Waals surface area contributed by atoms with Crippen molar-refractivity contribution in [1.82, 2.24) is 5.16 Å². The van der Waals surface area contributed by atoms with E-state index in [1.165, 1.54) is 6.07 Å². The number of phenolic OH excluding ortho intramolecular Hbond substituents is 1. The van der Waals surface area contributed by atoms with Crippen molar-refractivity contribution in [1.29, 1.82) is 0 Å².